The summed E-state index contributed by atoms with van der Waals surface area (Å²) in [6.45, 7) is 10.7. The minimum absolute atomic E-state index is 0.167. The van der Waals surface area contributed by atoms with Gasteiger partial charge in [0, 0.05) is 17.4 Å². The van der Waals surface area contributed by atoms with E-state index >= 15 is 0 Å². The largest absolute Gasteiger partial charge is 0.332 e. The number of aryl methyl sites for hydroxylation is 1. The number of para-hydroxylation sites is 1. The fourth-order valence-electron chi connectivity index (χ4n) is 3.25. The molecule has 0 aliphatic rings. The molecule has 3 nitrogen and oxygen atoms in total. The van der Waals surface area contributed by atoms with Crippen molar-refractivity contribution in [1.29, 1.82) is 0 Å². The summed E-state index contributed by atoms with van der Waals surface area (Å²) in [6, 6.07) is 13.6. The minimum atomic E-state index is -0.167. The van der Waals surface area contributed by atoms with E-state index in [9.17, 15) is 4.79 Å². The van der Waals surface area contributed by atoms with Crippen LogP contribution in [0.4, 0.5) is 5.69 Å². The number of amides is 1. The van der Waals surface area contributed by atoms with Gasteiger partial charge in [-0.2, -0.15) is 0 Å². The highest BCUT2D eigenvalue weighted by Crippen LogP contribution is 2.30. The number of rotatable bonds is 5. The lowest BCUT2D eigenvalue weighted by Crippen LogP contribution is -2.18. The lowest BCUT2D eigenvalue weighted by Gasteiger charge is -2.11. The molecule has 1 amide bonds. The minimum Gasteiger partial charge on any atom is -0.332 e. The fraction of sp³-hybridized carbons (Fsp3) is 0.227. The number of aromatic nitrogens is 1. The first kappa shape index (κ1) is 18.3. The molecule has 3 rings (SSSR count). The maximum absolute atomic E-state index is 13.0. The maximum atomic E-state index is 13.0. The molecule has 0 saturated heterocycles. The predicted octanol–water partition coefficient (Wildman–Crippen LogP) is 6.16. The average molecular weight is 367 g/mol. The third-order valence-corrected chi connectivity index (χ3v) is 4.99. The molecule has 26 heavy (non-hydrogen) atoms. The summed E-state index contributed by atoms with van der Waals surface area (Å²) in [5, 5.41) is 4.56. The molecule has 0 aliphatic carbocycles. The topological polar surface area (TPSA) is 34.0 Å². The van der Waals surface area contributed by atoms with Crippen LogP contribution in [0.5, 0.6) is 0 Å². The van der Waals surface area contributed by atoms with Crippen LogP contribution in [0, 0.1) is 6.92 Å². The molecule has 0 radical (unpaired) electrons. The molecule has 0 unspecified atom stereocenters. The van der Waals surface area contributed by atoms with Crippen molar-refractivity contribution < 1.29 is 4.79 Å². The Morgan fingerprint density at radius 1 is 1.27 bits per heavy atom. The average Bonchev–Trinajstić information content (AvgIpc) is 2.89. The number of carbonyl (C=O) groups excluding carboxylic acids is 1. The molecule has 2 aromatic carbocycles. The summed E-state index contributed by atoms with van der Waals surface area (Å²) in [5.41, 5.74) is 4.51. The van der Waals surface area contributed by atoms with Gasteiger partial charge in [-0.15, -0.1) is 6.58 Å². The number of allylic oxidation sites excluding steroid dienone is 1. The van der Waals surface area contributed by atoms with E-state index < -0.39 is 0 Å². The molecule has 4 heteroatoms. The first-order valence-electron chi connectivity index (χ1n) is 8.73. The van der Waals surface area contributed by atoms with Gasteiger partial charge in [-0.25, -0.2) is 0 Å². The SMILES string of the molecule is C=CCn1c(C(=O)Nc2ccccc2Cl)c(C)c2cc(C(C)C)ccc21. The third-order valence-electron chi connectivity index (χ3n) is 4.66. The fourth-order valence-corrected chi connectivity index (χ4v) is 3.44. The van der Waals surface area contributed by atoms with E-state index in [0.717, 1.165) is 16.5 Å². The van der Waals surface area contributed by atoms with Crippen LogP contribution in [0.3, 0.4) is 0 Å². The summed E-state index contributed by atoms with van der Waals surface area (Å²) in [7, 11) is 0. The second-order valence-electron chi connectivity index (χ2n) is 6.74. The predicted molar refractivity (Wildman–Crippen MR) is 110 cm³/mol. The van der Waals surface area contributed by atoms with Crippen LogP contribution in [0.2, 0.25) is 5.02 Å². The van der Waals surface area contributed by atoms with Crippen molar-refractivity contribution in [1.82, 2.24) is 4.57 Å². The molecule has 3 aromatic rings. The highest BCUT2D eigenvalue weighted by atomic mass is 35.5. The highest BCUT2D eigenvalue weighted by molar-refractivity contribution is 6.34. The van der Waals surface area contributed by atoms with Gasteiger partial charge in [-0.05, 0) is 48.2 Å². The van der Waals surface area contributed by atoms with Gasteiger partial charge in [-0.3, -0.25) is 4.79 Å². The number of hydrogen-bond donors (Lipinski definition) is 1. The Hall–Kier alpha value is -2.52. The van der Waals surface area contributed by atoms with E-state index in [2.05, 4.69) is 43.9 Å². The van der Waals surface area contributed by atoms with Crippen molar-refractivity contribution in [2.45, 2.75) is 33.2 Å². The smallest absolute Gasteiger partial charge is 0.272 e. The Morgan fingerprint density at radius 2 is 2.00 bits per heavy atom. The number of fused-ring (bicyclic) bond motifs is 1. The third kappa shape index (κ3) is 3.27. The van der Waals surface area contributed by atoms with E-state index in [1.165, 1.54) is 5.56 Å². The Labute approximate surface area is 159 Å². The van der Waals surface area contributed by atoms with Crippen molar-refractivity contribution >= 4 is 34.1 Å². The van der Waals surface area contributed by atoms with Gasteiger partial charge in [0.05, 0.1) is 10.7 Å². The standard InChI is InChI=1S/C22H23ClN2O/c1-5-12-25-20-11-10-16(14(2)3)13-17(20)15(4)21(25)22(26)24-19-9-7-6-8-18(19)23/h5-11,13-14H,1,12H2,2-4H3,(H,24,26). The van der Waals surface area contributed by atoms with Gasteiger partial charge in [-0.1, -0.05) is 49.7 Å². The van der Waals surface area contributed by atoms with Crippen LogP contribution in [0.15, 0.2) is 55.1 Å². The Balaban J connectivity index is 2.13. The second-order valence-corrected chi connectivity index (χ2v) is 7.15. The van der Waals surface area contributed by atoms with Gasteiger partial charge in [0.25, 0.3) is 5.91 Å². The van der Waals surface area contributed by atoms with Gasteiger partial charge < -0.3 is 9.88 Å². The van der Waals surface area contributed by atoms with E-state index in [1.54, 1.807) is 12.1 Å². The molecular formula is C22H23ClN2O. The summed E-state index contributed by atoms with van der Waals surface area (Å²) < 4.78 is 2.01. The molecular weight excluding hydrogens is 344 g/mol. The van der Waals surface area contributed by atoms with E-state index in [0.29, 0.717) is 28.9 Å². The quantitative estimate of drug-likeness (QED) is 0.538. The Morgan fingerprint density at radius 3 is 2.65 bits per heavy atom. The van der Waals surface area contributed by atoms with Crippen molar-refractivity contribution in [3.8, 4) is 0 Å². The molecule has 0 fully saturated rings. The molecule has 134 valence electrons. The molecule has 0 atom stereocenters. The number of hydrogen-bond acceptors (Lipinski definition) is 1. The molecule has 0 saturated carbocycles. The summed E-state index contributed by atoms with van der Waals surface area (Å²) in [4.78, 5) is 13.0. The van der Waals surface area contributed by atoms with Gasteiger partial charge in [0.2, 0.25) is 0 Å². The Kier molecular flexibility index (Phi) is 5.19. The van der Waals surface area contributed by atoms with Crippen LogP contribution in [-0.2, 0) is 6.54 Å². The van der Waals surface area contributed by atoms with E-state index in [4.69, 9.17) is 11.6 Å². The number of nitrogens with one attached hydrogen (secondary N) is 1. The highest BCUT2D eigenvalue weighted by Gasteiger charge is 2.21. The van der Waals surface area contributed by atoms with Crippen LogP contribution in [-0.4, -0.2) is 10.5 Å². The first-order chi connectivity index (χ1) is 12.4. The van der Waals surface area contributed by atoms with Crippen molar-refractivity contribution in [3.63, 3.8) is 0 Å². The molecule has 0 bridgehead atoms. The summed E-state index contributed by atoms with van der Waals surface area (Å²) in [5.74, 6) is 0.265. The lowest BCUT2D eigenvalue weighted by atomic mass is 10.0. The molecule has 0 spiro atoms. The second kappa shape index (κ2) is 7.38. The van der Waals surface area contributed by atoms with Gasteiger partial charge in [0.15, 0.2) is 0 Å². The lowest BCUT2D eigenvalue weighted by molar-refractivity contribution is 0.101. The van der Waals surface area contributed by atoms with Crippen molar-refractivity contribution in [2.24, 2.45) is 0 Å². The van der Waals surface area contributed by atoms with E-state index in [-0.39, 0.29) is 5.91 Å². The van der Waals surface area contributed by atoms with Crippen LogP contribution in [0.1, 0.15) is 41.4 Å². The first-order valence-corrected chi connectivity index (χ1v) is 9.11. The monoisotopic (exact) mass is 366 g/mol. The number of carbonyl (C=O) groups is 1. The molecule has 1 N–H and O–H groups in total. The maximum Gasteiger partial charge on any atom is 0.272 e. The zero-order valence-corrected chi connectivity index (χ0v) is 16.1. The summed E-state index contributed by atoms with van der Waals surface area (Å²) >= 11 is 6.19. The zero-order chi connectivity index (χ0) is 18.8. The van der Waals surface area contributed by atoms with E-state index in [1.807, 2.05) is 29.7 Å². The van der Waals surface area contributed by atoms with Gasteiger partial charge in [0.1, 0.15) is 5.69 Å². The number of nitrogens with zero attached hydrogens (tertiary/aromatic N) is 1. The number of halogens is 1. The summed E-state index contributed by atoms with van der Waals surface area (Å²) in [6.07, 6.45) is 1.81. The molecule has 0 aliphatic heterocycles. The Bertz CT molecular complexity index is 985. The normalized spacial score (nSPS) is 11.1. The van der Waals surface area contributed by atoms with Crippen LogP contribution < -0.4 is 5.32 Å². The number of anilines is 1. The molecule has 1 heterocycles. The zero-order valence-electron chi connectivity index (χ0n) is 15.3. The van der Waals surface area contributed by atoms with Crippen LogP contribution in [0.25, 0.3) is 10.9 Å². The van der Waals surface area contributed by atoms with Crippen molar-refractivity contribution in [3.05, 3.63) is 77.0 Å². The van der Waals surface area contributed by atoms with Gasteiger partial charge >= 0.3 is 0 Å². The number of benzene rings is 2. The van der Waals surface area contributed by atoms with Crippen LogP contribution >= 0.6 is 11.6 Å². The molecule has 1 aromatic heterocycles. The van der Waals surface area contributed by atoms with Crippen molar-refractivity contribution in [2.75, 3.05) is 5.32 Å².